The number of amides is 2. The minimum absolute atomic E-state index is 0.0910. The molecule has 0 unspecified atom stereocenters. The second-order valence-electron chi connectivity index (χ2n) is 6.97. The summed E-state index contributed by atoms with van der Waals surface area (Å²) in [5.41, 5.74) is 0.872. The highest BCUT2D eigenvalue weighted by molar-refractivity contribution is 5.74. The Morgan fingerprint density at radius 2 is 2.14 bits per heavy atom. The zero-order valence-electron chi connectivity index (χ0n) is 16.2. The topological polar surface area (TPSA) is 100 Å². The van der Waals surface area contributed by atoms with Gasteiger partial charge in [-0.3, -0.25) is 0 Å². The number of anilines is 1. The Hall–Kier alpha value is -3.49. The Balaban J connectivity index is 1.32. The maximum absolute atomic E-state index is 12.6. The van der Waals surface area contributed by atoms with Crippen molar-refractivity contribution in [3.8, 4) is 11.4 Å². The maximum Gasteiger partial charge on any atom is 0.317 e. The summed E-state index contributed by atoms with van der Waals surface area (Å²) in [7, 11) is 1.81. The van der Waals surface area contributed by atoms with Gasteiger partial charge in [-0.15, -0.1) is 5.10 Å². The molecular formula is C20H23N7O2. The predicted molar refractivity (Wildman–Crippen MR) is 107 cm³/mol. The summed E-state index contributed by atoms with van der Waals surface area (Å²) in [5.74, 6) is 1.72. The number of rotatable bonds is 5. The van der Waals surface area contributed by atoms with E-state index in [1.807, 2.05) is 49.5 Å². The molecule has 9 heteroatoms. The van der Waals surface area contributed by atoms with Crippen LogP contribution in [0.3, 0.4) is 0 Å². The molecule has 3 aromatic rings. The first-order valence-corrected chi connectivity index (χ1v) is 9.62. The molecule has 1 aliphatic rings. The van der Waals surface area contributed by atoms with Crippen LogP contribution < -0.4 is 10.2 Å². The lowest BCUT2D eigenvalue weighted by Crippen LogP contribution is -2.51. The minimum atomic E-state index is -0.171. The van der Waals surface area contributed by atoms with E-state index in [1.165, 1.54) is 0 Å². The van der Waals surface area contributed by atoms with Crippen molar-refractivity contribution in [3.05, 3.63) is 54.6 Å². The Bertz CT molecular complexity index is 932. The SMILES string of the molecule is CN(C(=O)NCc1nc(-c2ccccc2)no1)[C@@H]1CCCN(c2cccnn2)C1. The Morgan fingerprint density at radius 3 is 2.93 bits per heavy atom. The van der Waals surface area contributed by atoms with Gasteiger partial charge in [-0.1, -0.05) is 35.5 Å². The van der Waals surface area contributed by atoms with Gasteiger partial charge in [-0.05, 0) is 25.0 Å². The number of benzene rings is 1. The molecule has 0 bridgehead atoms. The van der Waals surface area contributed by atoms with Crippen molar-refractivity contribution < 1.29 is 9.32 Å². The van der Waals surface area contributed by atoms with E-state index in [-0.39, 0.29) is 18.6 Å². The summed E-state index contributed by atoms with van der Waals surface area (Å²) >= 11 is 0. The summed E-state index contributed by atoms with van der Waals surface area (Å²) in [5, 5.41) is 14.9. The number of carbonyl (C=O) groups is 1. The molecule has 9 nitrogen and oxygen atoms in total. The monoisotopic (exact) mass is 393 g/mol. The highest BCUT2D eigenvalue weighted by Crippen LogP contribution is 2.20. The lowest BCUT2D eigenvalue weighted by atomic mass is 10.0. The number of nitrogens with one attached hydrogen (secondary N) is 1. The summed E-state index contributed by atoms with van der Waals surface area (Å²) in [6.07, 6.45) is 3.59. The summed E-state index contributed by atoms with van der Waals surface area (Å²) in [4.78, 5) is 20.9. The molecule has 1 N–H and O–H groups in total. The van der Waals surface area contributed by atoms with Crippen LogP contribution in [0.1, 0.15) is 18.7 Å². The van der Waals surface area contributed by atoms with E-state index in [0.29, 0.717) is 11.7 Å². The molecule has 150 valence electrons. The zero-order chi connectivity index (χ0) is 20.1. The lowest BCUT2D eigenvalue weighted by Gasteiger charge is -2.37. The fourth-order valence-corrected chi connectivity index (χ4v) is 3.41. The molecule has 29 heavy (non-hydrogen) atoms. The van der Waals surface area contributed by atoms with E-state index < -0.39 is 0 Å². The lowest BCUT2D eigenvalue weighted by molar-refractivity contribution is 0.180. The third-order valence-corrected chi connectivity index (χ3v) is 5.04. The van der Waals surface area contributed by atoms with Gasteiger partial charge in [-0.25, -0.2) is 4.79 Å². The van der Waals surface area contributed by atoms with Crippen LogP contribution in [0.2, 0.25) is 0 Å². The first kappa shape index (κ1) is 18.9. The van der Waals surface area contributed by atoms with Crippen molar-refractivity contribution in [2.75, 3.05) is 25.0 Å². The number of carbonyl (C=O) groups excluding carboxylic acids is 1. The fraction of sp³-hybridized carbons (Fsp3) is 0.350. The smallest absolute Gasteiger partial charge is 0.317 e. The molecule has 2 amide bonds. The van der Waals surface area contributed by atoms with Gasteiger partial charge in [0, 0.05) is 31.9 Å². The quantitative estimate of drug-likeness (QED) is 0.710. The number of nitrogens with zero attached hydrogens (tertiary/aromatic N) is 6. The van der Waals surface area contributed by atoms with E-state index in [1.54, 1.807) is 11.1 Å². The average Bonchev–Trinajstić information content (AvgIpc) is 3.27. The van der Waals surface area contributed by atoms with Crippen LogP contribution in [0, 0.1) is 0 Å². The van der Waals surface area contributed by atoms with Gasteiger partial charge >= 0.3 is 6.03 Å². The Morgan fingerprint density at radius 1 is 1.28 bits per heavy atom. The van der Waals surface area contributed by atoms with Gasteiger partial charge in [0.2, 0.25) is 11.7 Å². The van der Waals surface area contributed by atoms with Crippen molar-refractivity contribution in [2.45, 2.75) is 25.4 Å². The Kier molecular flexibility index (Phi) is 5.64. The molecule has 0 radical (unpaired) electrons. The Labute approximate surface area is 168 Å². The van der Waals surface area contributed by atoms with Gasteiger partial charge < -0.3 is 19.6 Å². The molecule has 0 aliphatic carbocycles. The normalized spacial score (nSPS) is 16.4. The first-order chi connectivity index (χ1) is 14.2. The summed E-state index contributed by atoms with van der Waals surface area (Å²) < 4.78 is 5.25. The molecule has 1 aromatic carbocycles. The van der Waals surface area contributed by atoms with Crippen molar-refractivity contribution >= 4 is 11.8 Å². The molecule has 1 atom stereocenters. The van der Waals surface area contributed by atoms with E-state index in [4.69, 9.17) is 4.52 Å². The summed E-state index contributed by atoms with van der Waals surface area (Å²) in [6.45, 7) is 1.82. The van der Waals surface area contributed by atoms with E-state index in [9.17, 15) is 4.79 Å². The fourth-order valence-electron chi connectivity index (χ4n) is 3.41. The molecule has 1 saturated heterocycles. The summed E-state index contributed by atoms with van der Waals surface area (Å²) in [6, 6.07) is 13.3. The molecule has 3 heterocycles. The number of hydrogen-bond donors (Lipinski definition) is 1. The highest BCUT2D eigenvalue weighted by atomic mass is 16.5. The van der Waals surface area contributed by atoms with Crippen molar-refractivity contribution in [1.82, 2.24) is 30.6 Å². The third-order valence-electron chi connectivity index (χ3n) is 5.04. The number of likely N-dealkylation sites (N-methyl/N-ethyl adjacent to an activating group) is 1. The molecule has 1 fully saturated rings. The molecule has 1 aliphatic heterocycles. The molecule has 0 spiro atoms. The second kappa shape index (κ2) is 8.68. The van der Waals surface area contributed by atoms with E-state index >= 15 is 0 Å². The van der Waals surface area contributed by atoms with Gasteiger partial charge in [0.25, 0.3) is 0 Å². The first-order valence-electron chi connectivity index (χ1n) is 9.62. The van der Waals surface area contributed by atoms with Crippen LogP contribution in [0.5, 0.6) is 0 Å². The minimum Gasteiger partial charge on any atom is -0.353 e. The molecule has 4 rings (SSSR count). The maximum atomic E-state index is 12.6. The largest absolute Gasteiger partial charge is 0.353 e. The van der Waals surface area contributed by atoms with Gasteiger partial charge in [0.1, 0.15) is 0 Å². The highest BCUT2D eigenvalue weighted by Gasteiger charge is 2.27. The van der Waals surface area contributed by atoms with Crippen LogP contribution in [0.15, 0.2) is 53.2 Å². The van der Waals surface area contributed by atoms with Gasteiger partial charge in [0.05, 0.1) is 12.6 Å². The number of urea groups is 1. The van der Waals surface area contributed by atoms with Crippen molar-refractivity contribution in [3.63, 3.8) is 0 Å². The van der Waals surface area contributed by atoms with Crippen LogP contribution in [-0.2, 0) is 6.54 Å². The van der Waals surface area contributed by atoms with Crippen LogP contribution in [0.25, 0.3) is 11.4 Å². The molecular weight excluding hydrogens is 370 g/mol. The van der Waals surface area contributed by atoms with Gasteiger partial charge in [0.15, 0.2) is 5.82 Å². The second-order valence-corrected chi connectivity index (χ2v) is 6.97. The van der Waals surface area contributed by atoms with Gasteiger partial charge in [-0.2, -0.15) is 10.1 Å². The van der Waals surface area contributed by atoms with E-state index in [0.717, 1.165) is 37.3 Å². The molecule has 0 saturated carbocycles. The van der Waals surface area contributed by atoms with Crippen LogP contribution >= 0.6 is 0 Å². The van der Waals surface area contributed by atoms with Crippen LogP contribution in [0.4, 0.5) is 10.6 Å². The zero-order valence-corrected chi connectivity index (χ0v) is 16.2. The standard InChI is InChI=1S/C20H23N7O2/c1-26(16-9-6-12-27(14-16)17-10-5-11-22-24-17)20(28)21-13-18-23-19(25-29-18)15-7-3-2-4-8-15/h2-5,7-8,10-11,16H,6,9,12-14H2,1H3,(H,21,28)/t16-/m1/s1. The number of piperidine rings is 1. The predicted octanol–water partition coefficient (Wildman–Crippen LogP) is 2.34. The number of aromatic nitrogens is 4. The third kappa shape index (κ3) is 4.50. The number of hydrogen-bond acceptors (Lipinski definition) is 7. The molecule has 2 aromatic heterocycles. The van der Waals surface area contributed by atoms with Crippen LogP contribution in [-0.4, -0.2) is 57.4 Å². The van der Waals surface area contributed by atoms with Crippen molar-refractivity contribution in [2.24, 2.45) is 0 Å². The average molecular weight is 393 g/mol. The van der Waals surface area contributed by atoms with E-state index in [2.05, 4.69) is 30.6 Å². The van der Waals surface area contributed by atoms with Crippen molar-refractivity contribution in [1.29, 1.82) is 0 Å².